The Labute approximate surface area is 138 Å². The lowest BCUT2D eigenvalue weighted by molar-refractivity contribution is -0.385. The van der Waals surface area contributed by atoms with Crippen LogP contribution in [-0.2, 0) is 18.6 Å². The van der Waals surface area contributed by atoms with Crippen molar-refractivity contribution in [2.75, 3.05) is 0 Å². The average molecular weight is 325 g/mol. The summed E-state index contributed by atoms with van der Waals surface area (Å²) in [6.45, 7) is 0. The van der Waals surface area contributed by atoms with Gasteiger partial charge in [0, 0.05) is 23.1 Å². The van der Waals surface area contributed by atoms with Crippen molar-refractivity contribution in [3.05, 3.63) is 62.8 Å². The van der Waals surface area contributed by atoms with Crippen LogP contribution in [-0.4, -0.2) is 9.91 Å². The Bertz CT molecular complexity index is 799. The van der Waals surface area contributed by atoms with Crippen molar-refractivity contribution >= 4 is 17.4 Å². The number of hydrogen-bond donors (Lipinski definition) is 0. The number of fused-ring (bicyclic) bond motifs is 1. The van der Waals surface area contributed by atoms with Gasteiger partial charge >= 0.3 is 0 Å². The molecule has 6 heteroatoms. The highest BCUT2D eigenvalue weighted by atomic mass is 32.2. The van der Waals surface area contributed by atoms with Crippen LogP contribution in [0.4, 0.5) is 5.69 Å². The van der Waals surface area contributed by atoms with Gasteiger partial charge in [-0.25, -0.2) is 4.98 Å². The molecular formula is C17H15N3O2S. The molecule has 0 saturated carbocycles. The van der Waals surface area contributed by atoms with Crippen LogP contribution in [0.5, 0.6) is 0 Å². The fourth-order valence-electron chi connectivity index (χ4n) is 2.76. The summed E-state index contributed by atoms with van der Waals surface area (Å²) in [5.74, 6) is 0.428. The molecule has 1 aromatic heterocycles. The van der Waals surface area contributed by atoms with Gasteiger partial charge in [-0.05, 0) is 37.3 Å². The zero-order chi connectivity index (χ0) is 16.2. The summed E-state index contributed by atoms with van der Waals surface area (Å²) >= 11 is 1.39. The number of nitrogens with zero attached hydrogens (tertiary/aromatic N) is 3. The molecule has 1 aliphatic carbocycles. The van der Waals surface area contributed by atoms with Crippen LogP contribution >= 0.6 is 11.8 Å². The number of hydrogen-bond acceptors (Lipinski definition) is 5. The topological polar surface area (TPSA) is 79.8 Å². The van der Waals surface area contributed by atoms with Gasteiger partial charge in [-0.3, -0.25) is 10.1 Å². The molecule has 0 amide bonds. The van der Waals surface area contributed by atoms with E-state index in [1.807, 2.05) is 6.07 Å². The molecule has 0 fully saturated rings. The zero-order valence-electron chi connectivity index (χ0n) is 12.5. The lowest BCUT2D eigenvalue weighted by Crippen LogP contribution is -2.07. The van der Waals surface area contributed by atoms with Crippen molar-refractivity contribution in [1.29, 1.82) is 5.26 Å². The second-order valence-electron chi connectivity index (χ2n) is 5.44. The Morgan fingerprint density at radius 1 is 1.30 bits per heavy atom. The smallest absolute Gasteiger partial charge is 0.258 e. The highest BCUT2D eigenvalue weighted by Gasteiger charge is 2.17. The molecule has 23 heavy (non-hydrogen) atoms. The van der Waals surface area contributed by atoms with Gasteiger partial charge in [0.1, 0.15) is 11.1 Å². The summed E-state index contributed by atoms with van der Waals surface area (Å²) in [6, 6.07) is 10.8. The van der Waals surface area contributed by atoms with Gasteiger partial charge < -0.3 is 0 Å². The van der Waals surface area contributed by atoms with E-state index in [4.69, 9.17) is 0 Å². The molecule has 116 valence electrons. The summed E-state index contributed by atoms with van der Waals surface area (Å²) in [7, 11) is 0. The number of nitro groups is 1. The summed E-state index contributed by atoms with van der Waals surface area (Å²) in [5.41, 5.74) is 3.56. The minimum Gasteiger partial charge on any atom is -0.258 e. The normalized spacial score (nSPS) is 13.2. The van der Waals surface area contributed by atoms with Crippen molar-refractivity contribution in [1.82, 2.24) is 4.98 Å². The molecule has 0 bridgehead atoms. The number of nitro benzene ring substituents is 1. The van der Waals surface area contributed by atoms with E-state index in [-0.39, 0.29) is 10.6 Å². The molecule has 1 aromatic carbocycles. The van der Waals surface area contributed by atoms with Crippen molar-refractivity contribution in [2.24, 2.45) is 0 Å². The Morgan fingerprint density at radius 2 is 2.09 bits per heavy atom. The van der Waals surface area contributed by atoms with Gasteiger partial charge in [0.05, 0.1) is 10.5 Å². The van der Waals surface area contributed by atoms with Gasteiger partial charge in [-0.1, -0.05) is 18.2 Å². The Balaban J connectivity index is 1.86. The van der Waals surface area contributed by atoms with Crippen molar-refractivity contribution in [2.45, 2.75) is 36.5 Å². The summed E-state index contributed by atoms with van der Waals surface area (Å²) in [6.07, 6.45) is 4.19. The molecule has 0 unspecified atom stereocenters. The first-order valence-corrected chi connectivity index (χ1v) is 8.45. The summed E-state index contributed by atoms with van der Waals surface area (Å²) in [4.78, 5) is 15.3. The van der Waals surface area contributed by atoms with Gasteiger partial charge in [0.25, 0.3) is 5.69 Å². The molecule has 1 heterocycles. The van der Waals surface area contributed by atoms with Crippen LogP contribution in [0.1, 0.15) is 35.2 Å². The third kappa shape index (κ3) is 3.35. The number of pyridine rings is 1. The average Bonchev–Trinajstić information content (AvgIpc) is 2.59. The number of aromatic nitrogens is 1. The second kappa shape index (κ2) is 6.80. The maximum absolute atomic E-state index is 11.1. The molecule has 0 radical (unpaired) electrons. The van der Waals surface area contributed by atoms with Gasteiger partial charge in [0.2, 0.25) is 0 Å². The highest BCUT2D eigenvalue weighted by Crippen LogP contribution is 2.31. The Kier molecular flexibility index (Phi) is 4.58. The van der Waals surface area contributed by atoms with Crippen LogP contribution in [0.3, 0.4) is 0 Å². The lowest BCUT2D eigenvalue weighted by Gasteiger charge is -2.16. The largest absolute Gasteiger partial charge is 0.273 e. The fraction of sp³-hybridized carbons (Fsp3) is 0.294. The standard InChI is InChI=1S/C17H15N3O2S/c18-10-14-9-12-5-1-3-7-15(12)19-17(14)23-11-13-6-2-4-8-16(13)20(21)22/h2,4,6,8-9H,1,3,5,7,11H2. The third-order valence-corrected chi connectivity index (χ3v) is 4.98. The zero-order valence-corrected chi connectivity index (χ0v) is 13.3. The van der Waals surface area contributed by atoms with Crippen molar-refractivity contribution < 1.29 is 4.92 Å². The fourth-order valence-corrected chi connectivity index (χ4v) is 3.73. The first-order chi connectivity index (χ1) is 11.2. The van der Waals surface area contributed by atoms with E-state index in [2.05, 4.69) is 11.1 Å². The minimum absolute atomic E-state index is 0.108. The minimum atomic E-state index is -0.374. The van der Waals surface area contributed by atoms with Crippen molar-refractivity contribution in [3.8, 4) is 6.07 Å². The summed E-state index contributed by atoms with van der Waals surface area (Å²) < 4.78 is 0. The lowest BCUT2D eigenvalue weighted by atomic mass is 9.95. The van der Waals surface area contributed by atoms with E-state index >= 15 is 0 Å². The number of nitriles is 1. The van der Waals surface area contributed by atoms with Crippen LogP contribution in [0.2, 0.25) is 0 Å². The van der Waals surface area contributed by atoms with Gasteiger partial charge in [-0.15, -0.1) is 11.8 Å². The summed E-state index contributed by atoms with van der Waals surface area (Å²) in [5, 5.41) is 21.1. The third-order valence-electron chi connectivity index (χ3n) is 3.94. The SMILES string of the molecule is N#Cc1cc2c(nc1SCc1ccccc1[N+](=O)[O-])CCCC2. The quantitative estimate of drug-likeness (QED) is 0.481. The first kappa shape index (κ1) is 15.5. The molecule has 0 atom stereocenters. The van der Waals surface area contributed by atoms with Crippen LogP contribution < -0.4 is 0 Å². The number of rotatable bonds is 4. The predicted molar refractivity (Wildman–Crippen MR) is 88.3 cm³/mol. The number of aryl methyl sites for hydroxylation is 2. The van der Waals surface area contributed by atoms with Crippen molar-refractivity contribution in [3.63, 3.8) is 0 Å². The molecule has 3 rings (SSSR count). The molecule has 1 aliphatic rings. The molecule has 0 N–H and O–H groups in total. The Morgan fingerprint density at radius 3 is 2.87 bits per heavy atom. The van der Waals surface area contributed by atoms with E-state index in [0.29, 0.717) is 21.9 Å². The maximum Gasteiger partial charge on any atom is 0.273 e. The predicted octanol–water partition coefficient (Wildman–Crippen LogP) is 4.03. The molecule has 0 spiro atoms. The van der Waals surface area contributed by atoms with Crippen LogP contribution in [0, 0.1) is 21.4 Å². The van der Waals surface area contributed by atoms with E-state index < -0.39 is 0 Å². The molecule has 2 aromatic rings. The number of benzene rings is 1. The second-order valence-corrected chi connectivity index (χ2v) is 6.40. The van der Waals surface area contributed by atoms with E-state index in [9.17, 15) is 15.4 Å². The first-order valence-electron chi connectivity index (χ1n) is 7.47. The van der Waals surface area contributed by atoms with Gasteiger partial charge in [0.15, 0.2) is 0 Å². The molecule has 0 aliphatic heterocycles. The van der Waals surface area contributed by atoms with Crippen LogP contribution in [0.15, 0.2) is 35.4 Å². The van der Waals surface area contributed by atoms with Crippen LogP contribution in [0.25, 0.3) is 0 Å². The number of thioether (sulfide) groups is 1. The van der Waals surface area contributed by atoms with Gasteiger partial charge in [-0.2, -0.15) is 5.26 Å². The van der Waals surface area contributed by atoms with E-state index in [1.165, 1.54) is 23.4 Å². The molecule has 0 saturated heterocycles. The monoisotopic (exact) mass is 325 g/mol. The number of para-hydroxylation sites is 1. The molecule has 5 nitrogen and oxygen atoms in total. The maximum atomic E-state index is 11.1. The van der Waals surface area contributed by atoms with E-state index in [0.717, 1.165) is 31.4 Å². The van der Waals surface area contributed by atoms with E-state index in [1.54, 1.807) is 18.2 Å². The molecular weight excluding hydrogens is 310 g/mol. The Hall–Kier alpha value is -2.39. The highest BCUT2D eigenvalue weighted by molar-refractivity contribution is 7.98.